The molecule has 12 heteroatoms. The quantitative estimate of drug-likeness (QED) is 0.194. The number of aliphatic carboxylic acids is 1. The molecule has 0 aromatic carbocycles. The summed E-state index contributed by atoms with van der Waals surface area (Å²) in [6, 6.07) is -3.92. The lowest BCUT2D eigenvalue weighted by Gasteiger charge is -2.28. The Bertz CT molecular complexity index is 689. The van der Waals surface area contributed by atoms with E-state index in [0.717, 1.165) is 0 Å². The molecule has 1 aliphatic heterocycles. The zero-order chi connectivity index (χ0) is 23.7. The minimum Gasteiger partial charge on any atom is -0.480 e. The highest BCUT2D eigenvalue weighted by atomic mass is 32.1. The summed E-state index contributed by atoms with van der Waals surface area (Å²) in [6.07, 6.45) is 1.16. The van der Waals surface area contributed by atoms with Gasteiger partial charge >= 0.3 is 5.97 Å². The molecule has 0 radical (unpaired) electrons. The molecule has 1 fully saturated rings. The van der Waals surface area contributed by atoms with Crippen LogP contribution in [0.1, 0.15) is 46.0 Å². The summed E-state index contributed by atoms with van der Waals surface area (Å²) < 4.78 is 0. The molecule has 0 bridgehead atoms. The van der Waals surface area contributed by atoms with Crippen LogP contribution in [0.15, 0.2) is 0 Å². The first kappa shape index (κ1) is 26.7. The number of nitrogens with one attached hydrogen (secondary N) is 2. The summed E-state index contributed by atoms with van der Waals surface area (Å²) in [7, 11) is 0. The molecule has 176 valence electrons. The number of carbonyl (C=O) groups is 5. The molecule has 0 aromatic heterocycles. The van der Waals surface area contributed by atoms with Gasteiger partial charge in [0, 0.05) is 18.7 Å². The van der Waals surface area contributed by atoms with E-state index in [0.29, 0.717) is 25.8 Å². The van der Waals surface area contributed by atoms with Crippen LogP contribution in [0.5, 0.6) is 0 Å². The number of hydrogen-bond acceptors (Lipinski definition) is 7. The van der Waals surface area contributed by atoms with Crippen LogP contribution in [-0.2, 0) is 24.0 Å². The summed E-state index contributed by atoms with van der Waals surface area (Å²) in [5.74, 6) is -3.48. The second-order valence-electron chi connectivity index (χ2n) is 8.07. The minimum atomic E-state index is -1.34. The SMILES string of the molecule is CC(C)CC(N)C(=O)N1CCCC1C(=O)NC(CS)C(=O)NC(CCC(N)=O)C(=O)O. The van der Waals surface area contributed by atoms with Crippen molar-refractivity contribution < 1.29 is 29.1 Å². The van der Waals surface area contributed by atoms with E-state index < -0.39 is 47.9 Å². The Kier molecular flexibility index (Phi) is 10.8. The summed E-state index contributed by atoms with van der Waals surface area (Å²) in [5.41, 5.74) is 11.0. The highest BCUT2D eigenvalue weighted by molar-refractivity contribution is 7.80. The molecular weight excluding hydrogens is 426 g/mol. The molecule has 1 aliphatic rings. The van der Waals surface area contributed by atoms with Gasteiger partial charge in [-0.2, -0.15) is 12.6 Å². The summed E-state index contributed by atoms with van der Waals surface area (Å²) in [6.45, 7) is 4.30. The van der Waals surface area contributed by atoms with Gasteiger partial charge in [0.2, 0.25) is 23.6 Å². The van der Waals surface area contributed by atoms with Gasteiger partial charge < -0.3 is 32.1 Å². The van der Waals surface area contributed by atoms with Gasteiger partial charge in [0.1, 0.15) is 18.1 Å². The van der Waals surface area contributed by atoms with Crippen LogP contribution >= 0.6 is 12.6 Å². The Morgan fingerprint density at radius 2 is 1.81 bits per heavy atom. The number of nitrogens with two attached hydrogens (primary N) is 2. The molecule has 31 heavy (non-hydrogen) atoms. The van der Waals surface area contributed by atoms with E-state index in [-0.39, 0.29) is 30.4 Å². The molecule has 7 N–H and O–H groups in total. The van der Waals surface area contributed by atoms with Crippen molar-refractivity contribution in [3.05, 3.63) is 0 Å². The number of rotatable bonds is 12. The third-order valence-electron chi connectivity index (χ3n) is 4.99. The smallest absolute Gasteiger partial charge is 0.326 e. The Morgan fingerprint density at radius 1 is 1.16 bits per heavy atom. The number of primary amides is 1. The molecule has 4 atom stereocenters. The van der Waals surface area contributed by atoms with E-state index in [1.54, 1.807) is 0 Å². The predicted octanol–water partition coefficient (Wildman–Crippen LogP) is -1.40. The first-order valence-electron chi connectivity index (χ1n) is 10.3. The van der Waals surface area contributed by atoms with E-state index >= 15 is 0 Å². The third-order valence-corrected chi connectivity index (χ3v) is 5.36. The van der Waals surface area contributed by atoms with Gasteiger partial charge in [-0.3, -0.25) is 19.2 Å². The monoisotopic (exact) mass is 459 g/mol. The maximum absolute atomic E-state index is 12.8. The molecule has 11 nitrogen and oxygen atoms in total. The second-order valence-corrected chi connectivity index (χ2v) is 8.44. The third kappa shape index (κ3) is 8.37. The van der Waals surface area contributed by atoms with Gasteiger partial charge in [0.15, 0.2) is 0 Å². The number of hydrogen-bond donors (Lipinski definition) is 6. The molecule has 0 spiro atoms. The number of carbonyl (C=O) groups excluding carboxylic acids is 4. The molecule has 0 aliphatic carbocycles. The zero-order valence-electron chi connectivity index (χ0n) is 17.9. The van der Waals surface area contributed by atoms with Crippen molar-refractivity contribution in [2.75, 3.05) is 12.3 Å². The number of thiol groups is 1. The van der Waals surface area contributed by atoms with Crippen LogP contribution in [0, 0.1) is 5.92 Å². The normalized spacial score (nSPS) is 18.9. The molecule has 0 saturated carbocycles. The highest BCUT2D eigenvalue weighted by Gasteiger charge is 2.37. The Morgan fingerprint density at radius 3 is 2.32 bits per heavy atom. The van der Waals surface area contributed by atoms with E-state index in [2.05, 4.69) is 23.3 Å². The van der Waals surface area contributed by atoms with Gasteiger partial charge in [0.05, 0.1) is 6.04 Å². The topological polar surface area (TPSA) is 185 Å². The minimum absolute atomic E-state index is 0.0900. The highest BCUT2D eigenvalue weighted by Crippen LogP contribution is 2.20. The van der Waals surface area contributed by atoms with Crippen LogP contribution in [0.25, 0.3) is 0 Å². The standard InChI is InChI=1S/C19H33N5O6S/c1-10(2)8-11(20)18(28)24-7-3-4-14(24)17(27)23-13(9-31)16(26)22-12(19(29)30)5-6-15(21)25/h10-14,31H,3-9,20H2,1-2H3,(H2,21,25)(H,22,26)(H,23,27)(H,29,30). The van der Waals surface area contributed by atoms with Crippen molar-refractivity contribution in [1.82, 2.24) is 15.5 Å². The number of carboxylic acid groups (broad SMARTS) is 1. The molecule has 0 aromatic rings. The number of likely N-dealkylation sites (tertiary alicyclic amines) is 1. The fourth-order valence-corrected chi connectivity index (χ4v) is 3.66. The van der Waals surface area contributed by atoms with Crippen LogP contribution < -0.4 is 22.1 Å². The first-order chi connectivity index (χ1) is 14.5. The largest absolute Gasteiger partial charge is 0.480 e. The first-order valence-corrected chi connectivity index (χ1v) is 10.9. The second kappa shape index (κ2) is 12.5. The van der Waals surface area contributed by atoms with Crippen molar-refractivity contribution in [1.29, 1.82) is 0 Å². The van der Waals surface area contributed by atoms with Crippen molar-refractivity contribution in [3.63, 3.8) is 0 Å². The zero-order valence-corrected chi connectivity index (χ0v) is 18.8. The average molecular weight is 460 g/mol. The molecular formula is C19H33N5O6S. The Labute approximate surface area is 187 Å². The van der Waals surface area contributed by atoms with E-state index in [9.17, 15) is 29.1 Å². The van der Waals surface area contributed by atoms with Gasteiger partial charge in [-0.15, -0.1) is 0 Å². The maximum Gasteiger partial charge on any atom is 0.326 e. The molecule has 4 amide bonds. The van der Waals surface area contributed by atoms with Gasteiger partial charge in [-0.25, -0.2) is 4.79 Å². The maximum atomic E-state index is 12.8. The predicted molar refractivity (Wildman–Crippen MR) is 116 cm³/mol. The van der Waals surface area contributed by atoms with Gasteiger partial charge in [0.25, 0.3) is 0 Å². The fraction of sp³-hybridized carbons (Fsp3) is 0.737. The number of nitrogens with zero attached hydrogens (tertiary/aromatic N) is 1. The fourth-order valence-electron chi connectivity index (χ4n) is 3.40. The van der Waals surface area contributed by atoms with Crippen LogP contribution in [0.2, 0.25) is 0 Å². The lowest BCUT2D eigenvalue weighted by Crippen LogP contribution is -2.57. The van der Waals surface area contributed by atoms with E-state index in [1.807, 2.05) is 13.8 Å². The van der Waals surface area contributed by atoms with Crippen LogP contribution in [-0.4, -0.2) is 76.1 Å². The average Bonchev–Trinajstić information content (AvgIpc) is 3.17. The molecule has 1 heterocycles. The number of amides is 4. The van der Waals surface area contributed by atoms with Crippen molar-refractivity contribution in [2.24, 2.45) is 17.4 Å². The van der Waals surface area contributed by atoms with Gasteiger partial charge in [-0.05, 0) is 31.6 Å². The van der Waals surface area contributed by atoms with Crippen molar-refractivity contribution in [3.8, 4) is 0 Å². The van der Waals surface area contributed by atoms with Crippen molar-refractivity contribution in [2.45, 2.75) is 70.1 Å². The lowest BCUT2D eigenvalue weighted by atomic mass is 10.0. The lowest BCUT2D eigenvalue weighted by molar-refractivity contribution is -0.143. The Balaban J connectivity index is 2.77. The Hall–Kier alpha value is -2.34. The molecule has 1 rings (SSSR count). The van der Waals surface area contributed by atoms with Crippen LogP contribution in [0.3, 0.4) is 0 Å². The number of carboxylic acids is 1. The molecule has 1 saturated heterocycles. The van der Waals surface area contributed by atoms with Crippen molar-refractivity contribution >= 4 is 42.2 Å². The summed E-state index contributed by atoms with van der Waals surface area (Å²) in [5, 5.41) is 14.0. The molecule has 4 unspecified atom stereocenters. The van der Waals surface area contributed by atoms with E-state index in [4.69, 9.17) is 11.5 Å². The van der Waals surface area contributed by atoms with Gasteiger partial charge in [-0.1, -0.05) is 13.8 Å². The van der Waals surface area contributed by atoms with E-state index in [1.165, 1.54) is 4.90 Å². The summed E-state index contributed by atoms with van der Waals surface area (Å²) in [4.78, 5) is 61.6. The van der Waals surface area contributed by atoms with Crippen LogP contribution in [0.4, 0.5) is 0 Å². The summed E-state index contributed by atoms with van der Waals surface area (Å²) >= 11 is 4.07.